The molecule has 0 spiro atoms. The number of anilines is 1. The summed E-state index contributed by atoms with van der Waals surface area (Å²) in [5.74, 6) is 1.73. The molecule has 1 unspecified atom stereocenters. The number of hydrogen-bond acceptors (Lipinski definition) is 3. The third kappa shape index (κ3) is 5.09. The fraction of sp³-hybridized carbons (Fsp3) is 0.409. The number of hydrogen-bond donors (Lipinski definition) is 2. The Labute approximate surface area is 156 Å². The molecule has 0 saturated heterocycles. The van der Waals surface area contributed by atoms with Gasteiger partial charge in [0.25, 0.3) is 0 Å². The summed E-state index contributed by atoms with van der Waals surface area (Å²) in [5.41, 5.74) is 3.66. The second kappa shape index (κ2) is 9.39. The van der Waals surface area contributed by atoms with Crippen LogP contribution in [0.15, 0.2) is 48.5 Å². The number of carbonyl (C=O) groups is 1. The van der Waals surface area contributed by atoms with Gasteiger partial charge in [0, 0.05) is 12.1 Å². The van der Waals surface area contributed by atoms with Gasteiger partial charge in [0.1, 0.15) is 5.75 Å². The van der Waals surface area contributed by atoms with Crippen molar-refractivity contribution >= 4 is 11.6 Å². The summed E-state index contributed by atoms with van der Waals surface area (Å²) in [5, 5.41) is 6.45. The van der Waals surface area contributed by atoms with E-state index in [4.69, 9.17) is 4.74 Å². The average Bonchev–Trinajstić information content (AvgIpc) is 2.68. The molecule has 0 radical (unpaired) electrons. The highest BCUT2D eigenvalue weighted by Gasteiger charge is 2.21. The lowest BCUT2D eigenvalue weighted by atomic mass is 9.83. The van der Waals surface area contributed by atoms with Gasteiger partial charge in [-0.15, -0.1) is 0 Å². The quantitative estimate of drug-likeness (QED) is 0.710. The van der Waals surface area contributed by atoms with Gasteiger partial charge in [-0.1, -0.05) is 30.3 Å². The van der Waals surface area contributed by atoms with Crippen LogP contribution in [0.4, 0.5) is 5.69 Å². The zero-order chi connectivity index (χ0) is 18.2. The second-order valence-corrected chi connectivity index (χ2v) is 6.93. The minimum Gasteiger partial charge on any atom is -0.496 e. The van der Waals surface area contributed by atoms with Crippen LogP contribution in [0.3, 0.4) is 0 Å². The molecule has 1 aliphatic carbocycles. The van der Waals surface area contributed by atoms with Crippen LogP contribution in [-0.2, 0) is 17.6 Å². The number of amides is 1. The monoisotopic (exact) mass is 352 g/mol. The fourth-order valence-corrected chi connectivity index (χ4v) is 3.62. The van der Waals surface area contributed by atoms with E-state index in [2.05, 4.69) is 28.8 Å². The van der Waals surface area contributed by atoms with Crippen molar-refractivity contribution in [3.63, 3.8) is 0 Å². The summed E-state index contributed by atoms with van der Waals surface area (Å²) < 4.78 is 5.51. The van der Waals surface area contributed by atoms with Gasteiger partial charge in [0.2, 0.25) is 5.91 Å². The summed E-state index contributed by atoms with van der Waals surface area (Å²) in [7, 11) is 1.75. The molecule has 26 heavy (non-hydrogen) atoms. The molecule has 1 atom stereocenters. The topological polar surface area (TPSA) is 50.4 Å². The standard InChI is InChI=1S/C22H28N2O2/c1-26-21-10-5-7-18-13-12-17(15-20(18)21)16-23-14-6-11-22(25)24-19-8-3-2-4-9-19/h2-5,7-10,17,23H,6,11-16H2,1H3,(H,24,25). The minimum atomic E-state index is 0.0781. The number of para-hydroxylation sites is 1. The maximum Gasteiger partial charge on any atom is 0.224 e. The molecule has 4 nitrogen and oxygen atoms in total. The Hall–Kier alpha value is -2.33. The highest BCUT2D eigenvalue weighted by atomic mass is 16.5. The molecule has 2 aromatic rings. The SMILES string of the molecule is COc1cccc2c1CC(CNCCCC(=O)Nc1ccccc1)CC2. The van der Waals surface area contributed by atoms with Gasteiger partial charge in [0.05, 0.1) is 7.11 Å². The van der Waals surface area contributed by atoms with Crippen LogP contribution in [0.2, 0.25) is 0 Å². The van der Waals surface area contributed by atoms with Crippen molar-refractivity contribution in [1.82, 2.24) is 5.32 Å². The number of carbonyl (C=O) groups excluding carboxylic acids is 1. The van der Waals surface area contributed by atoms with E-state index in [0.29, 0.717) is 12.3 Å². The smallest absolute Gasteiger partial charge is 0.224 e. The van der Waals surface area contributed by atoms with Crippen molar-refractivity contribution in [2.75, 3.05) is 25.5 Å². The van der Waals surface area contributed by atoms with Gasteiger partial charge in [0.15, 0.2) is 0 Å². The van der Waals surface area contributed by atoms with E-state index in [1.807, 2.05) is 30.3 Å². The van der Waals surface area contributed by atoms with Crippen LogP contribution < -0.4 is 15.4 Å². The zero-order valence-electron chi connectivity index (χ0n) is 15.5. The van der Waals surface area contributed by atoms with E-state index in [1.54, 1.807) is 7.11 Å². The van der Waals surface area contributed by atoms with Crippen LogP contribution in [0.5, 0.6) is 5.75 Å². The molecule has 0 saturated carbocycles. The summed E-state index contributed by atoms with van der Waals surface area (Å²) in [4.78, 5) is 11.9. The molecule has 138 valence electrons. The molecule has 0 aliphatic heterocycles. The Kier molecular flexibility index (Phi) is 6.67. The predicted octanol–water partition coefficient (Wildman–Crippen LogP) is 3.81. The molecular formula is C22H28N2O2. The van der Waals surface area contributed by atoms with Gasteiger partial charge < -0.3 is 15.4 Å². The first kappa shape index (κ1) is 18.5. The van der Waals surface area contributed by atoms with Gasteiger partial charge in [-0.2, -0.15) is 0 Å². The van der Waals surface area contributed by atoms with Crippen molar-refractivity contribution in [3.8, 4) is 5.75 Å². The fourth-order valence-electron chi connectivity index (χ4n) is 3.62. The van der Waals surface area contributed by atoms with E-state index >= 15 is 0 Å². The molecule has 1 aliphatic rings. The Bertz CT molecular complexity index is 701. The Morgan fingerprint density at radius 3 is 2.81 bits per heavy atom. The summed E-state index contributed by atoms with van der Waals surface area (Å²) in [6.07, 6.45) is 4.80. The van der Waals surface area contributed by atoms with Crippen LogP contribution in [0.25, 0.3) is 0 Å². The van der Waals surface area contributed by atoms with Crippen LogP contribution in [-0.4, -0.2) is 26.1 Å². The predicted molar refractivity (Wildman–Crippen MR) is 106 cm³/mol. The second-order valence-electron chi connectivity index (χ2n) is 6.93. The van der Waals surface area contributed by atoms with E-state index in [1.165, 1.54) is 17.5 Å². The molecular weight excluding hydrogens is 324 g/mol. The highest BCUT2D eigenvalue weighted by Crippen LogP contribution is 2.31. The first-order valence-electron chi connectivity index (χ1n) is 9.46. The normalized spacial score (nSPS) is 16.0. The number of nitrogens with one attached hydrogen (secondary N) is 2. The van der Waals surface area contributed by atoms with Crippen molar-refractivity contribution in [3.05, 3.63) is 59.7 Å². The maximum absolute atomic E-state index is 11.9. The van der Waals surface area contributed by atoms with Gasteiger partial charge >= 0.3 is 0 Å². The Morgan fingerprint density at radius 2 is 2.00 bits per heavy atom. The third-order valence-corrected chi connectivity index (χ3v) is 5.01. The molecule has 2 aromatic carbocycles. The number of aryl methyl sites for hydroxylation is 1. The summed E-state index contributed by atoms with van der Waals surface area (Å²) in [6, 6.07) is 16.0. The lowest BCUT2D eigenvalue weighted by Crippen LogP contribution is -2.28. The third-order valence-electron chi connectivity index (χ3n) is 5.01. The van der Waals surface area contributed by atoms with Gasteiger partial charge in [-0.05, 0) is 74.0 Å². The average molecular weight is 352 g/mol. The molecule has 3 rings (SSSR count). The Morgan fingerprint density at radius 1 is 1.15 bits per heavy atom. The van der Waals surface area contributed by atoms with Crippen molar-refractivity contribution < 1.29 is 9.53 Å². The van der Waals surface area contributed by atoms with Crippen LogP contribution >= 0.6 is 0 Å². The van der Waals surface area contributed by atoms with Crippen LogP contribution in [0, 0.1) is 5.92 Å². The van der Waals surface area contributed by atoms with Crippen LogP contribution in [0.1, 0.15) is 30.4 Å². The lowest BCUT2D eigenvalue weighted by molar-refractivity contribution is -0.116. The van der Waals surface area contributed by atoms with E-state index < -0.39 is 0 Å². The molecule has 0 fully saturated rings. The number of fused-ring (bicyclic) bond motifs is 1. The first-order valence-corrected chi connectivity index (χ1v) is 9.46. The van der Waals surface area contributed by atoms with E-state index in [-0.39, 0.29) is 5.91 Å². The largest absolute Gasteiger partial charge is 0.496 e. The Balaban J connectivity index is 1.35. The number of benzene rings is 2. The van der Waals surface area contributed by atoms with E-state index in [9.17, 15) is 4.79 Å². The molecule has 1 amide bonds. The van der Waals surface area contributed by atoms with Gasteiger partial charge in [-0.3, -0.25) is 4.79 Å². The van der Waals surface area contributed by atoms with Crippen molar-refractivity contribution in [1.29, 1.82) is 0 Å². The maximum atomic E-state index is 11.9. The number of methoxy groups -OCH3 is 1. The molecule has 0 aromatic heterocycles. The summed E-state index contributed by atoms with van der Waals surface area (Å²) >= 11 is 0. The van der Waals surface area contributed by atoms with Gasteiger partial charge in [-0.25, -0.2) is 0 Å². The molecule has 0 heterocycles. The molecule has 0 bridgehead atoms. The minimum absolute atomic E-state index is 0.0781. The number of ether oxygens (including phenoxy) is 1. The summed E-state index contributed by atoms with van der Waals surface area (Å²) in [6.45, 7) is 1.87. The zero-order valence-corrected chi connectivity index (χ0v) is 15.5. The van der Waals surface area contributed by atoms with Crippen molar-refractivity contribution in [2.24, 2.45) is 5.92 Å². The highest BCUT2D eigenvalue weighted by molar-refractivity contribution is 5.90. The molecule has 2 N–H and O–H groups in total. The number of rotatable bonds is 8. The van der Waals surface area contributed by atoms with Crippen molar-refractivity contribution in [2.45, 2.75) is 32.1 Å². The van der Waals surface area contributed by atoms with E-state index in [0.717, 1.165) is 43.8 Å². The lowest BCUT2D eigenvalue weighted by Gasteiger charge is -2.26. The molecule has 4 heteroatoms. The first-order chi connectivity index (χ1) is 12.8.